The minimum Gasteiger partial charge on any atom is -0.481 e. The number of aryl methyl sites for hydroxylation is 1. The summed E-state index contributed by atoms with van der Waals surface area (Å²) in [5, 5.41) is 11.5. The first-order chi connectivity index (χ1) is 9.15. The van der Waals surface area contributed by atoms with Gasteiger partial charge in [-0.2, -0.15) is 0 Å². The molecule has 102 valence electrons. The Morgan fingerprint density at radius 1 is 1.42 bits per heavy atom. The molecule has 5 heteroatoms. The fourth-order valence-corrected chi connectivity index (χ4v) is 2.04. The van der Waals surface area contributed by atoms with E-state index < -0.39 is 5.97 Å². The molecule has 1 heterocycles. The van der Waals surface area contributed by atoms with Crippen molar-refractivity contribution in [2.45, 2.75) is 19.3 Å². The lowest BCUT2D eigenvalue weighted by Crippen LogP contribution is -2.22. The number of benzene rings is 1. The molecule has 1 atom stereocenters. The Labute approximate surface area is 111 Å². The lowest BCUT2D eigenvalue weighted by Gasteiger charge is -2.10. The molecule has 0 radical (unpaired) electrons. The van der Waals surface area contributed by atoms with E-state index in [2.05, 4.69) is 5.32 Å². The van der Waals surface area contributed by atoms with Crippen LogP contribution in [0.1, 0.15) is 18.4 Å². The molecule has 1 aliphatic heterocycles. The van der Waals surface area contributed by atoms with Crippen LogP contribution in [0.2, 0.25) is 0 Å². The number of carboxylic acid groups (broad SMARTS) is 1. The molecule has 2 rings (SSSR count). The van der Waals surface area contributed by atoms with E-state index in [1.54, 1.807) is 6.07 Å². The summed E-state index contributed by atoms with van der Waals surface area (Å²) in [7, 11) is 0. The number of amides is 1. The first kappa shape index (κ1) is 13.5. The fraction of sp³-hybridized carbons (Fsp3) is 0.429. The molecular formula is C14H17NO4. The van der Waals surface area contributed by atoms with Crippen molar-refractivity contribution in [2.75, 3.05) is 18.5 Å². The molecular weight excluding hydrogens is 246 g/mol. The summed E-state index contributed by atoms with van der Waals surface area (Å²) in [6, 6.07) is 7.30. The van der Waals surface area contributed by atoms with Gasteiger partial charge < -0.3 is 15.2 Å². The van der Waals surface area contributed by atoms with Crippen molar-refractivity contribution >= 4 is 17.6 Å². The third kappa shape index (κ3) is 4.06. The highest BCUT2D eigenvalue weighted by Crippen LogP contribution is 2.17. The van der Waals surface area contributed by atoms with Crippen LogP contribution < -0.4 is 5.32 Å². The Balaban J connectivity index is 1.94. The highest BCUT2D eigenvalue weighted by Gasteiger charge is 2.23. The second kappa shape index (κ2) is 6.33. The molecule has 2 N–H and O–H groups in total. The van der Waals surface area contributed by atoms with E-state index in [0.717, 1.165) is 12.0 Å². The number of nitrogens with one attached hydrogen (secondary N) is 1. The van der Waals surface area contributed by atoms with Crippen molar-refractivity contribution in [1.29, 1.82) is 0 Å². The second-order valence-corrected chi connectivity index (χ2v) is 4.64. The lowest BCUT2D eigenvalue weighted by atomic mass is 10.1. The summed E-state index contributed by atoms with van der Waals surface area (Å²) >= 11 is 0. The van der Waals surface area contributed by atoms with Crippen LogP contribution in [0.15, 0.2) is 24.3 Å². The largest absolute Gasteiger partial charge is 0.481 e. The average molecular weight is 263 g/mol. The maximum Gasteiger partial charge on any atom is 0.303 e. The number of ether oxygens (including phenoxy) is 1. The van der Waals surface area contributed by atoms with Gasteiger partial charge in [0.2, 0.25) is 5.91 Å². The van der Waals surface area contributed by atoms with E-state index >= 15 is 0 Å². The van der Waals surface area contributed by atoms with Gasteiger partial charge in [0.05, 0.1) is 12.5 Å². The molecule has 5 nitrogen and oxygen atoms in total. The average Bonchev–Trinajstić information content (AvgIpc) is 2.91. The highest BCUT2D eigenvalue weighted by molar-refractivity contribution is 5.92. The number of carbonyl (C=O) groups excluding carboxylic acids is 1. The van der Waals surface area contributed by atoms with E-state index in [0.29, 0.717) is 25.3 Å². The third-order valence-electron chi connectivity index (χ3n) is 3.12. The number of aliphatic carboxylic acids is 1. The van der Waals surface area contributed by atoms with Gasteiger partial charge in [-0.25, -0.2) is 0 Å². The standard InChI is InChI=1S/C14H17NO4/c16-13(17)5-4-10-2-1-3-12(8-10)15-14(18)11-6-7-19-9-11/h1-3,8,11H,4-7,9H2,(H,15,18)(H,16,17)/t11-/m1/s1. The molecule has 0 unspecified atom stereocenters. The van der Waals surface area contributed by atoms with Crippen LogP contribution in [0.3, 0.4) is 0 Å². The van der Waals surface area contributed by atoms with Gasteiger partial charge in [-0.05, 0) is 30.5 Å². The van der Waals surface area contributed by atoms with Gasteiger partial charge >= 0.3 is 5.97 Å². The summed E-state index contributed by atoms with van der Waals surface area (Å²) in [5.74, 6) is -0.937. The van der Waals surface area contributed by atoms with Crippen molar-refractivity contribution in [1.82, 2.24) is 0 Å². The van der Waals surface area contributed by atoms with Gasteiger partial charge in [-0.1, -0.05) is 12.1 Å². The van der Waals surface area contributed by atoms with E-state index in [9.17, 15) is 9.59 Å². The maximum absolute atomic E-state index is 11.9. The molecule has 19 heavy (non-hydrogen) atoms. The zero-order valence-corrected chi connectivity index (χ0v) is 10.6. The normalized spacial score (nSPS) is 18.2. The Hall–Kier alpha value is -1.88. The molecule has 1 fully saturated rings. The minimum atomic E-state index is -0.822. The molecule has 1 aromatic carbocycles. The second-order valence-electron chi connectivity index (χ2n) is 4.64. The van der Waals surface area contributed by atoms with Crippen LogP contribution in [0, 0.1) is 5.92 Å². The van der Waals surface area contributed by atoms with Crippen molar-refractivity contribution in [3.63, 3.8) is 0 Å². The van der Waals surface area contributed by atoms with Gasteiger partial charge in [-0.15, -0.1) is 0 Å². The van der Waals surface area contributed by atoms with Crippen LogP contribution in [0.4, 0.5) is 5.69 Å². The molecule has 0 spiro atoms. The Bertz CT molecular complexity index is 466. The molecule has 0 aromatic heterocycles. The summed E-state index contributed by atoms with van der Waals surface area (Å²) in [6.45, 7) is 1.11. The van der Waals surface area contributed by atoms with E-state index in [1.165, 1.54) is 0 Å². The Kier molecular flexibility index (Phi) is 4.52. The molecule has 1 aromatic rings. The quantitative estimate of drug-likeness (QED) is 0.847. The maximum atomic E-state index is 11.9. The summed E-state index contributed by atoms with van der Waals surface area (Å²) in [4.78, 5) is 22.4. The van der Waals surface area contributed by atoms with Gasteiger partial charge in [0.25, 0.3) is 0 Å². The van der Waals surface area contributed by atoms with Crippen LogP contribution in [0.25, 0.3) is 0 Å². The molecule has 1 aliphatic rings. The summed E-state index contributed by atoms with van der Waals surface area (Å²) in [6.07, 6.45) is 1.31. The molecule has 0 bridgehead atoms. The van der Waals surface area contributed by atoms with E-state index in [1.807, 2.05) is 18.2 Å². The molecule has 1 amide bonds. The summed E-state index contributed by atoms with van der Waals surface area (Å²) < 4.78 is 5.18. The van der Waals surface area contributed by atoms with E-state index in [4.69, 9.17) is 9.84 Å². The van der Waals surface area contributed by atoms with Gasteiger partial charge in [0.1, 0.15) is 0 Å². The van der Waals surface area contributed by atoms with Crippen molar-refractivity contribution in [2.24, 2.45) is 5.92 Å². The monoisotopic (exact) mass is 263 g/mol. The summed E-state index contributed by atoms with van der Waals surface area (Å²) in [5.41, 5.74) is 1.61. The van der Waals surface area contributed by atoms with Gasteiger partial charge in [-0.3, -0.25) is 9.59 Å². The zero-order chi connectivity index (χ0) is 13.7. The molecule has 1 saturated heterocycles. The SMILES string of the molecule is O=C(O)CCc1cccc(NC(=O)[C@@H]2CCOC2)c1. The first-order valence-corrected chi connectivity index (χ1v) is 6.34. The van der Waals surface area contributed by atoms with Crippen molar-refractivity contribution < 1.29 is 19.4 Å². The number of carbonyl (C=O) groups is 2. The highest BCUT2D eigenvalue weighted by atomic mass is 16.5. The van der Waals surface area contributed by atoms with Crippen LogP contribution in [-0.4, -0.2) is 30.2 Å². The predicted molar refractivity (Wildman–Crippen MR) is 70.0 cm³/mol. The van der Waals surface area contributed by atoms with Crippen molar-refractivity contribution in [3.8, 4) is 0 Å². The smallest absolute Gasteiger partial charge is 0.303 e. The molecule has 0 saturated carbocycles. The van der Waals surface area contributed by atoms with Crippen LogP contribution >= 0.6 is 0 Å². The van der Waals surface area contributed by atoms with Gasteiger partial charge in [0.15, 0.2) is 0 Å². The number of anilines is 1. The number of rotatable bonds is 5. The molecule has 0 aliphatic carbocycles. The van der Waals surface area contributed by atoms with Crippen LogP contribution in [-0.2, 0) is 20.7 Å². The van der Waals surface area contributed by atoms with E-state index in [-0.39, 0.29) is 18.2 Å². The minimum absolute atomic E-state index is 0.0344. The number of hydrogen-bond donors (Lipinski definition) is 2. The van der Waals surface area contributed by atoms with Crippen LogP contribution in [0.5, 0.6) is 0 Å². The number of carboxylic acids is 1. The first-order valence-electron chi connectivity index (χ1n) is 6.34. The van der Waals surface area contributed by atoms with Gasteiger partial charge in [0, 0.05) is 18.7 Å². The lowest BCUT2D eigenvalue weighted by molar-refractivity contribution is -0.137. The topological polar surface area (TPSA) is 75.6 Å². The Morgan fingerprint density at radius 2 is 2.26 bits per heavy atom. The Morgan fingerprint density at radius 3 is 2.95 bits per heavy atom. The number of hydrogen-bond acceptors (Lipinski definition) is 3. The third-order valence-corrected chi connectivity index (χ3v) is 3.12. The fourth-order valence-electron chi connectivity index (χ4n) is 2.04. The zero-order valence-electron chi connectivity index (χ0n) is 10.6. The van der Waals surface area contributed by atoms with Crippen molar-refractivity contribution in [3.05, 3.63) is 29.8 Å². The predicted octanol–water partition coefficient (Wildman–Crippen LogP) is 1.68.